The van der Waals surface area contributed by atoms with Gasteiger partial charge in [0.1, 0.15) is 11.5 Å². The van der Waals surface area contributed by atoms with Gasteiger partial charge in [-0.2, -0.15) is 0 Å². The standard InChI is InChI=1S/C13H20O2/c1-12(2,3)11-8-9-10(15-11)6-5-7-13(9,4)14/h8,14H,5-7H2,1-4H3. The lowest BCUT2D eigenvalue weighted by Gasteiger charge is -2.27. The lowest BCUT2D eigenvalue weighted by Crippen LogP contribution is -2.25. The number of fused-ring (bicyclic) bond motifs is 1. The van der Waals surface area contributed by atoms with Gasteiger partial charge in [0.25, 0.3) is 0 Å². The van der Waals surface area contributed by atoms with Gasteiger partial charge in [-0.1, -0.05) is 20.8 Å². The molecule has 2 heteroatoms. The average Bonchev–Trinajstić information content (AvgIpc) is 2.47. The van der Waals surface area contributed by atoms with Crippen LogP contribution in [-0.4, -0.2) is 5.11 Å². The van der Waals surface area contributed by atoms with Crippen LogP contribution in [0.5, 0.6) is 0 Å². The molecule has 0 amide bonds. The van der Waals surface area contributed by atoms with Crippen molar-refractivity contribution in [2.45, 2.75) is 58.0 Å². The highest BCUT2D eigenvalue weighted by atomic mass is 16.3. The molecule has 1 aromatic heterocycles. The Bertz CT molecular complexity index is 366. The Morgan fingerprint density at radius 3 is 2.60 bits per heavy atom. The first-order chi connectivity index (χ1) is 6.81. The Morgan fingerprint density at radius 2 is 2.07 bits per heavy atom. The molecule has 0 saturated carbocycles. The van der Waals surface area contributed by atoms with Gasteiger partial charge in [-0.25, -0.2) is 0 Å². The number of hydrogen-bond donors (Lipinski definition) is 1. The normalized spacial score (nSPS) is 26.5. The number of furan rings is 1. The van der Waals surface area contributed by atoms with Crippen molar-refractivity contribution in [2.75, 3.05) is 0 Å². The fourth-order valence-corrected chi connectivity index (χ4v) is 2.17. The molecule has 1 aromatic rings. The maximum Gasteiger partial charge on any atom is 0.110 e. The second kappa shape index (κ2) is 3.11. The monoisotopic (exact) mass is 208 g/mol. The van der Waals surface area contributed by atoms with Crippen LogP contribution in [0, 0.1) is 0 Å². The van der Waals surface area contributed by atoms with Gasteiger partial charge in [0, 0.05) is 17.4 Å². The quantitative estimate of drug-likeness (QED) is 0.710. The molecule has 1 N–H and O–H groups in total. The highest BCUT2D eigenvalue weighted by Crippen LogP contribution is 2.39. The highest BCUT2D eigenvalue weighted by Gasteiger charge is 2.34. The van der Waals surface area contributed by atoms with Gasteiger partial charge >= 0.3 is 0 Å². The summed E-state index contributed by atoms with van der Waals surface area (Å²) in [6.07, 6.45) is 2.81. The average molecular weight is 208 g/mol. The molecular weight excluding hydrogens is 188 g/mol. The molecule has 0 radical (unpaired) electrons. The predicted octanol–water partition coefficient (Wildman–Crippen LogP) is 3.12. The lowest BCUT2D eigenvalue weighted by atomic mass is 9.83. The zero-order valence-electron chi connectivity index (χ0n) is 10.1. The lowest BCUT2D eigenvalue weighted by molar-refractivity contribution is 0.0362. The second-order valence-corrected chi connectivity index (χ2v) is 5.82. The number of hydrogen-bond acceptors (Lipinski definition) is 2. The van der Waals surface area contributed by atoms with Gasteiger partial charge in [-0.05, 0) is 25.8 Å². The first-order valence-electron chi connectivity index (χ1n) is 5.67. The molecule has 1 aliphatic rings. The molecular formula is C13H20O2. The summed E-state index contributed by atoms with van der Waals surface area (Å²) in [6, 6.07) is 2.04. The van der Waals surface area contributed by atoms with E-state index in [9.17, 15) is 5.11 Å². The van der Waals surface area contributed by atoms with Gasteiger partial charge in [0.2, 0.25) is 0 Å². The van der Waals surface area contributed by atoms with Crippen molar-refractivity contribution in [1.29, 1.82) is 0 Å². The Morgan fingerprint density at radius 1 is 1.40 bits per heavy atom. The highest BCUT2D eigenvalue weighted by molar-refractivity contribution is 5.32. The summed E-state index contributed by atoms with van der Waals surface area (Å²) in [6.45, 7) is 8.27. The van der Waals surface area contributed by atoms with Gasteiger partial charge in [0.15, 0.2) is 0 Å². The summed E-state index contributed by atoms with van der Waals surface area (Å²) in [5, 5.41) is 10.2. The van der Waals surface area contributed by atoms with E-state index in [1.165, 1.54) is 0 Å². The zero-order chi connectivity index (χ0) is 11.3. The molecule has 2 nitrogen and oxygen atoms in total. The molecule has 1 atom stereocenters. The summed E-state index contributed by atoms with van der Waals surface area (Å²) in [5.74, 6) is 1.96. The summed E-state index contributed by atoms with van der Waals surface area (Å²) in [4.78, 5) is 0. The van der Waals surface area contributed by atoms with Crippen molar-refractivity contribution < 1.29 is 9.52 Å². The second-order valence-electron chi connectivity index (χ2n) is 5.82. The van der Waals surface area contributed by atoms with Crippen molar-refractivity contribution in [3.05, 3.63) is 23.2 Å². The van der Waals surface area contributed by atoms with Gasteiger partial charge in [0.05, 0.1) is 5.60 Å². The molecule has 0 spiro atoms. The van der Waals surface area contributed by atoms with Crippen LogP contribution in [0.4, 0.5) is 0 Å². The van der Waals surface area contributed by atoms with Gasteiger partial charge in [-0.3, -0.25) is 0 Å². The first kappa shape index (κ1) is 10.7. The summed E-state index contributed by atoms with van der Waals surface area (Å²) in [5.41, 5.74) is 0.326. The van der Waals surface area contributed by atoms with E-state index in [2.05, 4.69) is 20.8 Å². The van der Waals surface area contributed by atoms with Crippen LogP contribution in [0.25, 0.3) is 0 Å². The Balaban J connectivity index is 2.47. The Hall–Kier alpha value is -0.760. The molecule has 1 unspecified atom stereocenters. The number of aryl methyl sites for hydroxylation is 1. The Kier molecular flexibility index (Phi) is 2.23. The molecule has 0 aliphatic heterocycles. The molecule has 15 heavy (non-hydrogen) atoms. The number of rotatable bonds is 0. The Labute approximate surface area is 91.3 Å². The fourth-order valence-electron chi connectivity index (χ4n) is 2.17. The minimum atomic E-state index is -0.694. The van der Waals surface area contributed by atoms with E-state index in [0.29, 0.717) is 0 Å². The minimum Gasteiger partial charge on any atom is -0.465 e. The van der Waals surface area contributed by atoms with Crippen molar-refractivity contribution in [3.63, 3.8) is 0 Å². The molecule has 2 rings (SSSR count). The van der Waals surface area contributed by atoms with Crippen molar-refractivity contribution in [3.8, 4) is 0 Å². The first-order valence-corrected chi connectivity index (χ1v) is 5.67. The van der Waals surface area contributed by atoms with Crippen LogP contribution in [0.1, 0.15) is 57.6 Å². The maximum atomic E-state index is 10.2. The van der Waals surface area contributed by atoms with Crippen molar-refractivity contribution in [2.24, 2.45) is 0 Å². The van der Waals surface area contributed by atoms with E-state index in [4.69, 9.17) is 4.42 Å². The van der Waals surface area contributed by atoms with E-state index < -0.39 is 5.60 Å². The van der Waals surface area contributed by atoms with Crippen molar-refractivity contribution >= 4 is 0 Å². The molecule has 84 valence electrons. The van der Waals surface area contributed by atoms with E-state index in [0.717, 1.165) is 36.3 Å². The molecule has 0 fully saturated rings. The van der Waals surface area contributed by atoms with Crippen LogP contribution in [0.15, 0.2) is 10.5 Å². The van der Waals surface area contributed by atoms with Crippen molar-refractivity contribution in [1.82, 2.24) is 0 Å². The molecule has 0 saturated heterocycles. The SMILES string of the molecule is CC(C)(C)c1cc2c(o1)CCCC2(C)O. The molecule has 0 aromatic carbocycles. The fraction of sp³-hybridized carbons (Fsp3) is 0.692. The van der Waals surface area contributed by atoms with E-state index in [1.54, 1.807) is 0 Å². The minimum absolute atomic E-state index is 0.0212. The van der Waals surface area contributed by atoms with Crippen LogP contribution in [0.3, 0.4) is 0 Å². The summed E-state index contributed by atoms with van der Waals surface area (Å²) >= 11 is 0. The summed E-state index contributed by atoms with van der Waals surface area (Å²) in [7, 11) is 0. The van der Waals surface area contributed by atoms with Crippen LogP contribution >= 0.6 is 0 Å². The van der Waals surface area contributed by atoms with Crippen LogP contribution in [-0.2, 0) is 17.4 Å². The smallest absolute Gasteiger partial charge is 0.110 e. The number of aliphatic hydroxyl groups is 1. The third kappa shape index (κ3) is 1.83. The third-order valence-electron chi connectivity index (χ3n) is 3.20. The third-order valence-corrected chi connectivity index (χ3v) is 3.20. The predicted molar refractivity (Wildman–Crippen MR) is 59.9 cm³/mol. The van der Waals surface area contributed by atoms with Crippen LogP contribution < -0.4 is 0 Å². The molecule has 1 aliphatic carbocycles. The van der Waals surface area contributed by atoms with Gasteiger partial charge in [-0.15, -0.1) is 0 Å². The van der Waals surface area contributed by atoms with E-state index >= 15 is 0 Å². The largest absolute Gasteiger partial charge is 0.465 e. The van der Waals surface area contributed by atoms with Gasteiger partial charge < -0.3 is 9.52 Å². The maximum absolute atomic E-state index is 10.2. The molecule has 1 heterocycles. The molecule has 0 bridgehead atoms. The zero-order valence-corrected chi connectivity index (χ0v) is 10.1. The van der Waals surface area contributed by atoms with Crippen LogP contribution in [0.2, 0.25) is 0 Å². The topological polar surface area (TPSA) is 33.4 Å². The van der Waals surface area contributed by atoms with E-state index in [-0.39, 0.29) is 5.41 Å². The van der Waals surface area contributed by atoms with E-state index in [1.807, 2.05) is 13.0 Å². The summed E-state index contributed by atoms with van der Waals surface area (Å²) < 4.78 is 5.85.